The van der Waals surface area contributed by atoms with Crippen LogP contribution in [0.1, 0.15) is 26.3 Å². The van der Waals surface area contributed by atoms with Crippen LogP contribution in [-0.2, 0) is 16.6 Å². The van der Waals surface area contributed by atoms with Crippen LogP contribution in [0, 0.1) is 0 Å². The first-order valence-electron chi connectivity index (χ1n) is 6.17. The third-order valence-electron chi connectivity index (χ3n) is 3.26. The molecule has 17 heavy (non-hydrogen) atoms. The van der Waals surface area contributed by atoms with Gasteiger partial charge in [-0.2, -0.15) is 0 Å². The van der Waals surface area contributed by atoms with Gasteiger partial charge in [0.1, 0.15) is 11.5 Å². The lowest BCUT2D eigenvalue weighted by Gasteiger charge is -2.31. The van der Waals surface area contributed by atoms with E-state index in [0.29, 0.717) is 0 Å². The Kier molecular flexibility index (Phi) is 3.69. The van der Waals surface area contributed by atoms with Crippen LogP contribution in [0.2, 0.25) is 0 Å². The molecule has 1 aliphatic rings. The van der Waals surface area contributed by atoms with Gasteiger partial charge in [-0.25, -0.2) is 0 Å². The average Bonchev–Trinajstić information content (AvgIpc) is 2.29. The van der Waals surface area contributed by atoms with Crippen molar-refractivity contribution in [3.63, 3.8) is 0 Å². The summed E-state index contributed by atoms with van der Waals surface area (Å²) in [7, 11) is 0. The van der Waals surface area contributed by atoms with Gasteiger partial charge < -0.3 is 9.45 Å². The molecule has 1 aromatic carbocycles. The van der Waals surface area contributed by atoms with Crippen molar-refractivity contribution in [2.24, 2.45) is 0 Å². The minimum Gasteiger partial charge on any atom is -0.616 e. The van der Waals surface area contributed by atoms with Crippen molar-refractivity contribution in [3.8, 4) is 0 Å². The van der Waals surface area contributed by atoms with E-state index >= 15 is 0 Å². The molecule has 3 heteroatoms. The van der Waals surface area contributed by atoms with Gasteiger partial charge in [0.25, 0.3) is 0 Å². The highest BCUT2D eigenvalue weighted by Crippen LogP contribution is 2.26. The molecule has 0 amide bonds. The fraction of sp³-hybridized carbons (Fsp3) is 0.571. The summed E-state index contributed by atoms with van der Waals surface area (Å²) in [5, 5.41) is 0. The first kappa shape index (κ1) is 12.8. The fourth-order valence-electron chi connectivity index (χ4n) is 2.07. The number of nitrogens with zero attached hydrogens (tertiary/aromatic N) is 1. The molecule has 0 bridgehead atoms. The molecule has 1 fully saturated rings. The molecular weight excluding hydrogens is 230 g/mol. The van der Waals surface area contributed by atoms with E-state index in [1.54, 1.807) is 0 Å². The molecule has 1 aromatic rings. The van der Waals surface area contributed by atoms with Gasteiger partial charge in [-0.05, 0) is 23.1 Å². The second-order valence-corrected chi connectivity index (χ2v) is 7.33. The third kappa shape index (κ3) is 3.17. The first-order valence-corrected chi connectivity index (χ1v) is 7.66. The predicted octanol–water partition coefficient (Wildman–Crippen LogP) is 2.55. The third-order valence-corrected chi connectivity index (χ3v) is 4.53. The molecule has 0 aliphatic carbocycles. The number of anilines is 1. The first-order chi connectivity index (χ1) is 7.97. The molecule has 1 heterocycles. The summed E-state index contributed by atoms with van der Waals surface area (Å²) in [4.78, 5) is 2.34. The molecular formula is C14H21NOS. The standard InChI is InChI=1S/C14H21NOS/c1-14(2,3)12-5-4-6-13(11-12)15-7-9-17(16)10-8-15/h4-6,11H,7-10H2,1-3H3. The fourth-order valence-corrected chi connectivity index (χ4v) is 3.12. The van der Waals surface area contributed by atoms with Crippen molar-refractivity contribution >= 4 is 16.9 Å². The maximum absolute atomic E-state index is 11.4. The number of hydrogen-bond acceptors (Lipinski definition) is 2. The van der Waals surface area contributed by atoms with Crippen LogP contribution >= 0.6 is 0 Å². The summed E-state index contributed by atoms with van der Waals surface area (Å²) in [6.07, 6.45) is 0. The molecule has 0 spiro atoms. The van der Waals surface area contributed by atoms with Crippen LogP contribution in [0.15, 0.2) is 24.3 Å². The van der Waals surface area contributed by atoms with Gasteiger partial charge in [0, 0.05) is 5.69 Å². The van der Waals surface area contributed by atoms with E-state index in [1.165, 1.54) is 11.3 Å². The Bertz CT molecular complexity index is 378. The molecule has 2 rings (SSSR count). The lowest BCUT2D eigenvalue weighted by molar-refractivity contribution is 0.583. The van der Waals surface area contributed by atoms with Crippen molar-refractivity contribution in [2.75, 3.05) is 29.5 Å². The molecule has 0 N–H and O–H groups in total. The second-order valence-electron chi connectivity index (χ2n) is 5.64. The van der Waals surface area contributed by atoms with E-state index in [-0.39, 0.29) is 5.41 Å². The lowest BCUT2D eigenvalue weighted by Crippen LogP contribution is -2.40. The van der Waals surface area contributed by atoms with Gasteiger partial charge in [-0.15, -0.1) is 0 Å². The van der Waals surface area contributed by atoms with Crippen molar-refractivity contribution in [1.82, 2.24) is 0 Å². The van der Waals surface area contributed by atoms with Crippen molar-refractivity contribution in [2.45, 2.75) is 26.2 Å². The molecule has 0 unspecified atom stereocenters. The maximum Gasteiger partial charge on any atom is 0.123 e. The van der Waals surface area contributed by atoms with Crippen LogP contribution < -0.4 is 4.90 Å². The van der Waals surface area contributed by atoms with Crippen molar-refractivity contribution < 1.29 is 4.55 Å². The Balaban J connectivity index is 2.16. The van der Waals surface area contributed by atoms with E-state index in [2.05, 4.69) is 49.9 Å². The van der Waals surface area contributed by atoms with E-state index in [4.69, 9.17) is 0 Å². The molecule has 0 saturated carbocycles. The largest absolute Gasteiger partial charge is 0.616 e. The average molecular weight is 251 g/mol. The molecule has 0 radical (unpaired) electrons. The minimum absolute atomic E-state index is 0.189. The summed E-state index contributed by atoms with van der Waals surface area (Å²) in [5.74, 6) is 1.61. The Morgan fingerprint density at radius 1 is 1.18 bits per heavy atom. The molecule has 2 nitrogen and oxygen atoms in total. The van der Waals surface area contributed by atoms with Gasteiger partial charge in [0.15, 0.2) is 0 Å². The highest BCUT2D eigenvalue weighted by atomic mass is 32.2. The van der Waals surface area contributed by atoms with E-state index < -0.39 is 11.2 Å². The zero-order valence-electron chi connectivity index (χ0n) is 10.9. The van der Waals surface area contributed by atoms with Crippen LogP contribution in [0.4, 0.5) is 5.69 Å². The highest BCUT2D eigenvalue weighted by molar-refractivity contribution is 7.91. The minimum atomic E-state index is -0.599. The summed E-state index contributed by atoms with van der Waals surface area (Å²) >= 11 is -0.599. The Labute approximate surface area is 107 Å². The Morgan fingerprint density at radius 2 is 1.82 bits per heavy atom. The normalized spacial score (nSPS) is 18.5. The summed E-state index contributed by atoms with van der Waals surface area (Å²) in [6, 6.07) is 8.74. The van der Waals surface area contributed by atoms with Crippen molar-refractivity contribution in [3.05, 3.63) is 29.8 Å². The van der Waals surface area contributed by atoms with Gasteiger partial charge in [-0.1, -0.05) is 44.1 Å². The highest BCUT2D eigenvalue weighted by Gasteiger charge is 2.21. The van der Waals surface area contributed by atoms with Crippen LogP contribution in [0.5, 0.6) is 0 Å². The lowest BCUT2D eigenvalue weighted by atomic mass is 9.87. The topological polar surface area (TPSA) is 26.3 Å². The number of rotatable bonds is 1. The van der Waals surface area contributed by atoms with Gasteiger partial charge in [-0.3, -0.25) is 0 Å². The van der Waals surface area contributed by atoms with Crippen molar-refractivity contribution in [1.29, 1.82) is 0 Å². The molecule has 0 aromatic heterocycles. The van der Waals surface area contributed by atoms with E-state index in [1.807, 2.05) is 0 Å². The number of benzene rings is 1. The SMILES string of the molecule is CC(C)(C)c1cccc(N2CC[S+]([O-])CC2)c1. The van der Waals surface area contributed by atoms with Gasteiger partial charge in [0.2, 0.25) is 0 Å². The summed E-state index contributed by atoms with van der Waals surface area (Å²) in [6.45, 7) is 8.53. The zero-order chi connectivity index (χ0) is 12.5. The van der Waals surface area contributed by atoms with E-state index in [9.17, 15) is 4.55 Å². The predicted molar refractivity (Wildman–Crippen MR) is 75.2 cm³/mol. The molecule has 1 aliphatic heterocycles. The van der Waals surface area contributed by atoms with Gasteiger partial charge in [0.05, 0.1) is 13.1 Å². The Morgan fingerprint density at radius 3 is 2.41 bits per heavy atom. The molecule has 94 valence electrons. The molecule has 0 atom stereocenters. The second kappa shape index (κ2) is 4.91. The zero-order valence-corrected chi connectivity index (χ0v) is 11.7. The maximum atomic E-state index is 11.4. The van der Waals surface area contributed by atoms with Crippen LogP contribution in [-0.4, -0.2) is 29.1 Å². The smallest absolute Gasteiger partial charge is 0.123 e. The monoisotopic (exact) mass is 251 g/mol. The molecule has 1 saturated heterocycles. The van der Waals surface area contributed by atoms with Crippen LogP contribution in [0.25, 0.3) is 0 Å². The van der Waals surface area contributed by atoms with Gasteiger partial charge >= 0.3 is 0 Å². The Hall–Kier alpha value is -0.670. The summed E-state index contributed by atoms with van der Waals surface area (Å²) in [5.41, 5.74) is 2.82. The van der Waals surface area contributed by atoms with E-state index in [0.717, 1.165) is 24.6 Å². The van der Waals surface area contributed by atoms with Crippen LogP contribution in [0.3, 0.4) is 0 Å². The number of hydrogen-bond donors (Lipinski definition) is 0. The quantitative estimate of drug-likeness (QED) is 0.717. The summed E-state index contributed by atoms with van der Waals surface area (Å²) < 4.78 is 11.4.